The van der Waals surface area contributed by atoms with Crippen LogP contribution in [0.25, 0.3) is 0 Å². The predicted octanol–water partition coefficient (Wildman–Crippen LogP) is 3.56. The molecule has 0 bridgehead atoms. The minimum atomic E-state index is -0.0773. The number of benzene rings is 2. The van der Waals surface area contributed by atoms with Gasteiger partial charge in [-0.2, -0.15) is 0 Å². The molecule has 1 amide bonds. The molecule has 0 aromatic heterocycles. The second-order valence-corrected chi connectivity index (χ2v) is 6.16. The molecule has 2 rings (SSSR count). The molecule has 0 radical (unpaired) electrons. The van der Waals surface area contributed by atoms with Gasteiger partial charge in [0.25, 0.3) is 5.91 Å². The van der Waals surface area contributed by atoms with Crippen LogP contribution in [0.5, 0.6) is 0 Å². The summed E-state index contributed by atoms with van der Waals surface area (Å²) in [5, 5.41) is 6.07. The van der Waals surface area contributed by atoms with Crippen LogP contribution in [0.2, 0.25) is 10.0 Å². The van der Waals surface area contributed by atoms with Crippen LogP contribution in [-0.2, 0) is 4.79 Å². The number of hydrogen-bond donors (Lipinski definition) is 2. The Morgan fingerprint density at radius 2 is 1.86 bits per heavy atom. The van der Waals surface area contributed by atoms with E-state index >= 15 is 0 Å². The van der Waals surface area contributed by atoms with E-state index in [1.807, 2.05) is 54.7 Å². The van der Waals surface area contributed by atoms with Gasteiger partial charge in [-0.3, -0.25) is 4.79 Å². The van der Waals surface area contributed by atoms with Gasteiger partial charge in [-0.1, -0.05) is 41.4 Å². The van der Waals surface area contributed by atoms with Gasteiger partial charge in [0.15, 0.2) is 6.54 Å². The lowest BCUT2D eigenvalue weighted by molar-refractivity contribution is -0.682. The maximum Gasteiger partial charge on any atom is 0.279 e. The minimum Gasteiger partial charge on any atom is -0.333 e. The highest BCUT2D eigenvalue weighted by molar-refractivity contribution is 6.33. The van der Waals surface area contributed by atoms with Crippen LogP contribution in [0.1, 0.15) is 24.1 Å². The average molecular weight is 338 g/mol. The van der Waals surface area contributed by atoms with Crippen molar-refractivity contribution >= 4 is 34.8 Å². The lowest BCUT2D eigenvalue weighted by Crippen LogP contribution is -2.86. The van der Waals surface area contributed by atoms with Gasteiger partial charge in [-0.25, -0.2) is 0 Å². The first-order valence-corrected chi connectivity index (χ1v) is 7.86. The van der Waals surface area contributed by atoms with Crippen molar-refractivity contribution in [2.75, 3.05) is 11.9 Å². The number of quaternary nitrogens is 1. The molecule has 5 heteroatoms. The van der Waals surface area contributed by atoms with Crippen molar-refractivity contribution in [3.05, 3.63) is 63.6 Å². The van der Waals surface area contributed by atoms with Gasteiger partial charge in [-0.05, 0) is 43.7 Å². The van der Waals surface area contributed by atoms with Crippen molar-refractivity contribution in [2.45, 2.75) is 19.9 Å². The van der Waals surface area contributed by atoms with Crippen molar-refractivity contribution in [1.82, 2.24) is 0 Å². The highest BCUT2D eigenvalue weighted by Gasteiger charge is 2.12. The summed E-state index contributed by atoms with van der Waals surface area (Å²) in [5.74, 6) is -0.0773. The van der Waals surface area contributed by atoms with E-state index in [-0.39, 0.29) is 11.9 Å². The number of aryl methyl sites for hydroxylation is 1. The smallest absolute Gasteiger partial charge is 0.279 e. The molecule has 2 aromatic carbocycles. The number of carbonyl (C=O) groups excluding carboxylic acids is 1. The molecule has 0 aliphatic carbocycles. The van der Waals surface area contributed by atoms with Crippen molar-refractivity contribution in [2.24, 2.45) is 0 Å². The van der Waals surface area contributed by atoms with Crippen LogP contribution in [0.3, 0.4) is 0 Å². The van der Waals surface area contributed by atoms with Crippen molar-refractivity contribution in [3.8, 4) is 0 Å². The van der Waals surface area contributed by atoms with Gasteiger partial charge in [0.1, 0.15) is 6.04 Å². The summed E-state index contributed by atoms with van der Waals surface area (Å²) in [6.07, 6.45) is 0. The number of halogens is 2. The lowest BCUT2D eigenvalue weighted by atomic mass is 10.1. The van der Waals surface area contributed by atoms with E-state index in [4.69, 9.17) is 23.2 Å². The molecule has 0 saturated heterocycles. The van der Waals surface area contributed by atoms with E-state index in [1.54, 1.807) is 0 Å². The zero-order chi connectivity index (χ0) is 16.1. The van der Waals surface area contributed by atoms with Crippen LogP contribution in [0.15, 0.2) is 42.5 Å². The molecule has 0 fully saturated rings. The van der Waals surface area contributed by atoms with Crippen molar-refractivity contribution in [1.29, 1.82) is 0 Å². The summed E-state index contributed by atoms with van der Waals surface area (Å²) in [7, 11) is 0. The van der Waals surface area contributed by atoms with Gasteiger partial charge in [0.05, 0.1) is 10.7 Å². The molecule has 22 heavy (non-hydrogen) atoms. The van der Waals surface area contributed by atoms with Gasteiger partial charge in [0, 0.05) is 10.6 Å². The van der Waals surface area contributed by atoms with E-state index in [1.165, 1.54) is 0 Å². The average Bonchev–Trinajstić information content (AvgIpc) is 2.48. The fourth-order valence-corrected chi connectivity index (χ4v) is 2.52. The summed E-state index contributed by atoms with van der Waals surface area (Å²) in [4.78, 5) is 12.0. The summed E-state index contributed by atoms with van der Waals surface area (Å²) < 4.78 is 0. The first kappa shape index (κ1) is 16.8. The zero-order valence-electron chi connectivity index (χ0n) is 12.6. The molecule has 0 saturated carbocycles. The Hall–Kier alpha value is -1.55. The number of carbonyl (C=O) groups is 1. The second-order valence-electron chi connectivity index (χ2n) is 5.31. The third-order valence-electron chi connectivity index (χ3n) is 3.45. The van der Waals surface area contributed by atoms with Crippen molar-refractivity contribution in [3.63, 3.8) is 0 Å². The van der Waals surface area contributed by atoms with Gasteiger partial charge in [0.2, 0.25) is 0 Å². The molecular formula is C17H19Cl2N2O+. The van der Waals surface area contributed by atoms with E-state index in [2.05, 4.69) is 12.2 Å². The number of hydrogen-bond acceptors (Lipinski definition) is 1. The maximum atomic E-state index is 12.0. The number of anilines is 1. The largest absolute Gasteiger partial charge is 0.333 e. The van der Waals surface area contributed by atoms with E-state index in [9.17, 15) is 4.79 Å². The van der Waals surface area contributed by atoms with E-state index < -0.39 is 0 Å². The maximum absolute atomic E-state index is 12.0. The van der Waals surface area contributed by atoms with Gasteiger partial charge < -0.3 is 10.6 Å². The Morgan fingerprint density at radius 3 is 2.50 bits per heavy atom. The highest BCUT2D eigenvalue weighted by Crippen LogP contribution is 2.22. The van der Waals surface area contributed by atoms with Crippen LogP contribution < -0.4 is 10.6 Å². The summed E-state index contributed by atoms with van der Waals surface area (Å²) in [6.45, 7) is 4.34. The predicted molar refractivity (Wildman–Crippen MR) is 91.5 cm³/mol. The molecule has 3 N–H and O–H groups in total. The summed E-state index contributed by atoms with van der Waals surface area (Å²) in [6, 6.07) is 13.4. The van der Waals surface area contributed by atoms with Crippen LogP contribution in [-0.4, -0.2) is 12.5 Å². The summed E-state index contributed by atoms with van der Waals surface area (Å²) in [5.41, 5.74) is 2.83. The SMILES string of the molecule is Cc1ccc(NC(=O)C[NH2+][C@@H](C)c2ccc(Cl)cc2)c(Cl)c1. The first-order chi connectivity index (χ1) is 10.5. The van der Waals surface area contributed by atoms with Crippen LogP contribution in [0.4, 0.5) is 5.69 Å². The second kappa shape index (κ2) is 7.63. The molecule has 0 heterocycles. The first-order valence-electron chi connectivity index (χ1n) is 7.10. The quantitative estimate of drug-likeness (QED) is 0.860. The normalized spacial score (nSPS) is 12.0. The molecule has 0 aliphatic rings. The Balaban J connectivity index is 1.88. The molecular weight excluding hydrogens is 319 g/mol. The Kier molecular flexibility index (Phi) is 5.83. The van der Waals surface area contributed by atoms with Gasteiger partial charge >= 0.3 is 0 Å². The molecule has 2 aromatic rings. The van der Waals surface area contributed by atoms with Crippen molar-refractivity contribution < 1.29 is 10.1 Å². The molecule has 0 aliphatic heterocycles. The van der Waals surface area contributed by atoms with E-state index in [0.29, 0.717) is 22.3 Å². The summed E-state index contributed by atoms with van der Waals surface area (Å²) >= 11 is 12.0. The highest BCUT2D eigenvalue weighted by atomic mass is 35.5. The molecule has 1 atom stereocenters. The van der Waals surface area contributed by atoms with E-state index in [0.717, 1.165) is 11.1 Å². The minimum absolute atomic E-state index is 0.0773. The molecule has 0 spiro atoms. The number of amides is 1. The Bertz CT molecular complexity index is 656. The number of nitrogens with two attached hydrogens (primary N) is 1. The Morgan fingerprint density at radius 1 is 1.18 bits per heavy atom. The molecule has 3 nitrogen and oxygen atoms in total. The zero-order valence-corrected chi connectivity index (χ0v) is 14.1. The monoisotopic (exact) mass is 337 g/mol. The third-order valence-corrected chi connectivity index (χ3v) is 4.02. The van der Waals surface area contributed by atoms with Crippen LogP contribution in [0, 0.1) is 6.92 Å². The third kappa shape index (κ3) is 4.73. The number of rotatable bonds is 5. The van der Waals surface area contributed by atoms with Crippen LogP contribution >= 0.6 is 23.2 Å². The Labute approximate surface area is 140 Å². The standard InChI is InChI=1S/C17H18Cl2N2O/c1-11-3-8-16(15(19)9-11)21-17(22)10-20-12(2)13-4-6-14(18)7-5-13/h3-9,12,20H,10H2,1-2H3,(H,21,22)/p+1/t12-/m0/s1. The van der Waals surface area contributed by atoms with Gasteiger partial charge in [-0.15, -0.1) is 0 Å². The number of nitrogens with one attached hydrogen (secondary N) is 1. The fraction of sp³-hybridized carbons (Fsp3) is 0.235. The molecule has 0 unspecified atom stereocenters. The molecule has 116 valence electrons. The fourth-order valence-electron chi connectivity index (χ4n) is 2.11. The lowest BCUT2D eigenvalue weighted by Gasteiger charge is -2.12. The topological polar surface area (TPSA) is 45.7 Å².